The molecule has 1 aliphatic rings. The number of rotatable bonds is 10. The number of aromatic nitrogens is 2. The van der Waals surface area contributed by atoms with Gasteiger partial charge in [0.15, 0.2) is 4.34 Å². The van der Waals surface area contributed by atoms with E-state index in [4.69, 9.17) is 4.74 Å². The van der Waals surface area contributed by atoms with Crippen molar-refractivity contribution >= 4 is 62.4 Å². The lowest BCUT2D eigenvalue weighted by Gasteiger charge is -2.07. The van der Waals surface area contributed by atoms with Crippen LogP contribution < -0.4 is 10.6 Å². The number of carbonyl (C=O) groups excluding carboxylic acids is 3. The smallest absolute Gasteiger partial charge is 0.341 e. The van der Waals surface area contributed by atoms with Gasteiger partial charge in [0.2, 0.25) is 16.9 Å². The number of hydrogen-bond donors (Lipinski definition) is 2. The van der Waals surface area contributed by atoms with Gasteiger partial charge >= 0.3 is 5.97 Å². The van der Waals surface area contributed by atoms with E-state index in [1.54, 1.807) is 6.92 Å². The molecule has 1 aliphatic carbocycles. The Kier molecular flexibility index (Phi) is 8.23. The Balaban J connectivity index is 1.56. The van der Waals surface area contributed by atoms with Gasteiger partial charge in [-0.1, -0.05) is 36.4 Å². The van der Waals surface area contributed by atoms with Crippen LogP contribution in [0.2, 0.25) is 0 Å². The van der Waals surface area contributed by atoms with Crippen LogP contribution in [-0.4, -0.2) is 40.3 Å². The van der Waals surface area contributed by atoms with Crippen molar-refractivity contribution in [1.29, 1.82) is 0 Å². The van der Waals surface area contributed by atoms with Crippen molar-refractivity contribution in [3.8, 4) is 0 Å². The van der Waals surface area contributed by atoms with Gasteiger partial charge in [-0.2, -0.15) is 0 Å². The summed E-state index contributed by atoms with van der Waals surface area (Å²) in [5.41, 5.74) is 1.51. The third-order valence-electron chi connectivity index (χ3n) is 4.39. The summed E-state index contributed by atoms with van der Waals surface area (Å²) in [5, 5.41) is 14.5. The van der Waals surface area contributed by atoms with E-state index >= 15 is 0 Å². The predicted molar refractivity (Wildman–Crippen MR) is 120 cm³/mol. The molecule has 162 valence electrons. The van der Waals surface area contributed by atoms with Gasteiger partial charge in [0.1, 0.15) is 5.00 Å². The molecular weight excluding hydrogens is 444 g/mol. The van der Waals surface area contributed by atoms with E-state index < -0.39 is 0 Å². The van der Waals surface area contributed by atoms with Crippen LogP contribution >= 0.6 is 34.4 Å². The number of ether oxygens (including phenoxy) is 1. The molecule has 0 aromatic carbocycles. The van der Waals surface area contributed by atoms with E-state index in [-0.39, 0.29) is 23.5 Å². The van der Waals surface area contributed by atoms with Crippen molar-refractivity contribution < 1.29 is 19.1 Å². The average Bonchev–Trinajstić information content (AvgIpc) is 3.41. The van der Waals surface area contributed by atoms with Gasteiger partial charge in [-0.25, -0.2) is 4.79 Å². The molecule has 0 fully saturated rings. The number of nitrogens with one attached hydrogen (secondary N) is 2. The molecule has 8 nitrogen and oxygen atoms in total. The van der Waals surface area contributed by atoms with E-state index in [0.29, 0.717) is 33.1 Å². The largest absolute Gasteiger partial charge is 0.462 e. The van der Waals surface area contributed by atoms with Gasteiger partial charge in [0.25, 0.3) is 0 Å². The minimum atomic E-state index is -0.382. The molecule has 0 spiro atoms. The summed E-state index contributed by atoms with van der Waals surface area (Å²) < 4.78 is 5.77. The second kappa shape index (κ2) is 10.9. The number of amides is 2. The van der Waals surface area contributed by atoms with Gasteiger partial charge in [-0.05, 0) is 38.2 Å². The van der Waals surface area contributed by atoms with Gasteiger partial charge in [-0.15, -0.1) is 21.5 Å². The summed E-state index contributed by atoms with van der Waals surface area (Å²) in [7, 11) is 0. The lowest BCUT2D eigenvalue weighted by Crippen LogP contribution is -2.16. The number of thioether (sulfide) groups is 1. The molecule has 3 rings (SSSR count). The Labute approximate surface area is 187 Å². The van der Waals surface area contributed by atoms with Crippen LogP contribution in [0.15, 0.2) is 4.34 Å². The molecule has 2 aromatic rings. The molecule has 11 heteroatoms. The first-order valence-electron chi connectivity index (χ1n) is 9.89. The highest BCUT2D eigenvalue weighted by Gasteiger charge is 2.28. The second-order valence-corrected chi connectivity index (χ2v) is 9.95. The zero-order valence-corrected chi connectivity index (χ0v) is 19.4. The minimum Gasteiger partial charge on any atom is -0.462 e. The summed E-state index contributed by atoms with van der Waals surface area (Å²) >= 11 is 3.93. The van der Waals surface area contributed by atoms with E-state index in [9.17, 15) is 14.4 Å². The quantitative estimate of drug-likeness (QED) is 0.306. The molecule has 2 N–H and O–H groups in total. The number of aryl methyl sites for hydroxylation is 1. The number of hydrogen-bond acceptors (Lipinski definition) is 9. The maximum Gasteiger partial charge on any atom is 0.341 e. The van der Waals surface area contributed by atoms with Gasteiger partial charge in [0, 0.05) is 11.3 Å². The van der Waals surface area contributed by atoms with Crippen LogP contribution in [0.1, 0.15) is 60.3 Å². The number of thiophene rings is 1. The molecule has 2 aromatic heterocycles. The molecule has 0 unspecified atom stereocenters. The summed E-state index contributed by atoms with van der Waals surface area (Å²) in [4.78, 5) is 37.7. The Bertz CT molecular complexity index is 925. The van der Waals surface area contributed by atoms with Crippen LogP contribution in [0.3, 0.4) is 0 Å². The highest BCUT2D eigenvalue weighted by atomic mass is 32.2. The molecule has 2 amide bonds. The van der Waals surface area contributed by atoms with Crippen LogP contribution in [-0.2, 0) is 27.2 Å². The standard InChI is InChI=1S/C19H24N4O4S3/c1-3-5-9-13(24)21-18-22-23-19(30-18)28-10-14(25)20-16-15(17(26)27-4-2)11-7-6-8-12(11)29-16/h3-10H2,1-2H3,(H,20,25)(H,21,22,24). The first-order valence-corrected chi connectivity index (χ1v) is 12.5. The lowest BCUT2D eigenvalue weighted by atomic mass is 10.1. The molecular formula is C19H24N4O4S3. The van der Waals surface area contributed by atoms with E-state index in [1.165, 1.54) is 34.4 Å². The molecule has 2 heterocycles. The minimum absolute atomic E-state index is 0.0838. The predicted octanol–water partition coefficient (Wildman–Crippen LogP) is 4.12. The highest BCUT2D eigenvalue weighted by Crippen LogP contribution is 2.39. The molecule has 0 aliphatic heterocycles. The van der Waals surface area contributed by atoms with Crippen molar-refractivity contribution in [2.45, 2.75) is 56.7 Å². The van der Waals surface area contributed by atoms with Crippen molar-refractivity contribution in [1.82, 2.24) is 10.2 Å². The molecule has 0 bridgehead atoms. The van der Waals surface area contributed by atoms with Crippen molar-refractivity contribution in [2.24, 2.45) is 0 Å². The molecule has 0 atom stereocenters. The Morgan fingerprint density at radius 3 is 2.70 bits per heavy atom. The van der Waals surface area contributed by atoms with E-state index in [1.807, 2.05) is 6.92 Å². The molecule has 0 radical (unpaired) electrons. The Hall–Kier alpha value is -1.98. The number of anilines is 2. The molecule has 0 saturated heterocycles. The normalized spacial score (nSPS) is 12.5. The fourth-order valence-electron chi connectivity index (χ4n) is 3.04. The lowest BCUT2D eigenvalue weighted by molar-refractivity contribution is -0.116. The highest BCUT2D eigenvalue weighted by molar-refractivity contribution is 8.01. The number of unbranched alkanes of at least 4 members (excludes halogenated alkanes) is 1. The van der Waals surface area contributed by atoms with Crippen LogP contribution in [0, 0.1) is 0 Å². The van der Waals surface area contributed by atoms with Gasteiger partial charge < -0.3 is 15.4 Å². The number of carbonyl (C=O) groups is 3. The summed E-state index contributed by atoms with van der Waals surface area (Å²) in [6.07, 6.45) is 5.01. The number of fused-ring (bicyclic) bond motifs is 1. The van der Waals surface area contributed by atoms with E-state index in [0.717, 1.165) is 42.5 Å². The topological polar surface area (TPSA) is 110 Å². The summed E-state index contributed by atoms with van der Waals surface area (Å²) in [6, 6.07) is 0. The summed E-state index contributed by atoms with van der Waals surface area (Å²) in [5.74, 6) is -0.565. The monoisotopic (exact) mass is 468 g/mol. The summed E-state index contributed by atoms with van der Waals surface area (Å²) in [6.45, 7) is 4.08. The van der Waals surface area contributed by atoms with Crippen LogP contribution in [0.5, 0.6) is 0 Å². The SMILES string of the molecule is CCCCC(=O)Nc1nnc(SCC(=O)Nc2sc3c(c2C(=O)OCC)CCC3)s1. The fraction of sp³-hybridized carbons (Fsp3) is 0.526. The second-order valence-electron chi connectivity index (χ2n) is 6.64. The first-order chi connectivity index (χ1) is 14.5. The van der Waals surface area contributed by atoms with Crippen LogP contribution in [0.4, 0.5) is 10.1 Å². The zero-order valence-electron chi connectivity index (χ0n) is 16.9. The van der Waals surface area contributed by atoms with E-state index in [2.05, 4.69) is 20.8 Å². The first kappa shape index (κ1) is 22.7. The maximum atomic E-state index is 12.5. The van der Waals surface area contributed by atoms with Crippen molar-refractivity contribution in [3.63, 3.8) is 0 Å². The van der Waals surface area contributed by atoms with Gasteiger partial charge in [0.05, 0.1) is 17.9 Å². The Morgan fingerprint density at radius 1 is 1.10 bits per heavy atom. The van der Waals surface area contributed by atoms with Gasteiger partial charge in [-0.3, -0.25) is 9.59 Å². The number of nitrogens with zero attached hydrogens (tertiary/aromatic N) is 2. The zero-order chi connectivity index (χ0) is 21.5. The third-order valence-corrected chi connectivity index (χ3v) is 7.57. The average molecular weight is 469 g/mol. The molecule has 0 saturated carbocycles. The fourth-order valence-corrected chi connectivity index (χ4v) is 5.90. The third kappa shape index (κ3) is 5.79. The van der Waals surface area contributed by atoms with Crippen molar-refractivity contribution in [2.75, 3.05) is 23.0 Å². The number of esters is 1. The molecule has 30 heavy (non-hydrogen) atoms. The van der Waals surface area contributed by atoms with Crippen molar-refractivity contribution in [3.05, 3.63) is 16.0 Å². The van der Waals surface area contributed by atoms with Crippen LogP contribution in [0.25, 0.3) is 0 Å². The Morgan fingerprint density at radius 2 is 1.93 bits per heavy atom. The maximum absolute atomic E-state index is 12.5.